The third-order valence-corrected chi connectivity index (χ3v) is 3.13. The van der Waals surface area contributed by atoms with Crippen molar-refractivity contribution in [3.8, 4) is 0 Å². The highest BCUT2D eigenvalue weighted by Crippen LogP contribution is 2.11. The number of aryl methyl sites for hydroxylation is 3. The van der Waals surface area contributed by atoms with Gasteiger partial charge in [0.2, 0.25) is 0 Å². The molecule has 2 heterocycles. The smallest absolute Gasteiger partial charge is 0.0964 e. The van der Waals surface area contributed by atoms with Crippen LogP contribution < -0.4 is 5.32 Å². The molecule has 2 aromatic rings. The molecule has 0 atom stereocenters. The number of aromatic nitrogens is 5. The van der Waals surface area contributed by atoms with Gasteiger partial charge in [0, 0.05) is 18.9 Å². The molecule has 0 aliphatic carbocycles. The third kappa shape index (κ3) is 4.04. The molecule has 0 radical (unpaired) electrons. The normalized spacial score (nSPS) is 11.1. The second-order valence-electron chi connectivity index (χ2n) is 4.48. The van der Waals surface area contributed by atoms with Crippen molar-refractivity contribution in [1.29, 1.82) is 0 Å². The molecule has 0 bridgehead atoms. The van der Waals surface area contributed by atoms with Gasteiger partial charge in [-0.25, -0.2) is 0 Å². The molecule has 0 spiro atoms. The van der Waals surface area contributed by atoms with Crippen LogP contribution in [0.1, 0.15) is 24.7 Å². The van der Waals surface area contributed by atoms with Crippen molar-refractivity contribution in [1.82, 2.24) is 30.1 Å². The Balaban J connectivity index is 1.82. The minimum absolute atomic E-state index is 0.697. The summed E-state index contributed by atoms with van der Waals surface area (Å²) in [4.78, 5) is 0. The molecule has 6 nitrogen and oxygen atoms in total. The van der Waals surface area contributed by atoms with E-state index in [9.17, 15) is 0 Å². The summed E-state index contributed by atoms with van der Waals surface area (Å²) >= 11 is 5.96. The fourth-order valence-electron chi connectivity index (χ4n) is 1.74. The highest BCUT2D eigenvalue weighted by atomic mass is 35.5. The molecule has 0 amide bonds. The summed E-state index contributed by atoms with van der Waals surface area (Å²) in [5, 5.41) is 16.5. The zero-order valence-corrected chi connectivity index (χ0v) is 12.1. The highest BCUT2D eigenvalue weighted by molar-refractivity contribution is 6.31. The van der Waals surface area contributed by atoms with Crippen LogP contribution in [0.2, 0.25) is 5.02 Å². The molecule has 0 fully saturated rings. The molecule has 0 aromatic carbocycles. The molecular weight excluding hydrogens is 264 g/mol. The second kappa shape index (κ2) is 6.68. The molecule has 104 valence electrons. The average Bonchev–Trinajstić information content (AvgIpc) is 2.95. The largest absolute Gasteiger partial charge is 0.311 e. The van der Waals surface area contributed by atoms with Gasteiger partial charge in [0.05, 0.1) is 29.5 Å². The quantitative estimate of drug-likeness (QED) is 0.784. The summed E-state index contributed by atoms with van der Waals surface area (Å²) in [6, 6.07) is 0. The van der Waals surface area contributed by atoms with Gasteiger partial charge in [0.25, 0.3) is 0 Å². The summed E-state index contributed by atoms with van der Waals surface area (Å²) in [6.45, 7) is 7.27. The van der Waals surface area contributed by atoms with Crippen LogP contribution in [0.5, 0.6) is 0 Å². The fourth-order valence-corrected chi connectivity index (χ4v) is 1.89. The van der Waals surface area contributed by atoms with Crippen molar-refractivity contribution >= 4 is 11.6 Å². The SMILES string of the molecule is CCCNCc1cn(CCn2cc(Cl)c(C)n2)nn1. The van der Waals surface area contributed by atoms with E-state index >= 15 is 0 Å². The monoisotopic (exact) mass is 282 g/mol. The van der Waals surface area contributed by atoms with Crippen LogP contribution in [0.4, 0.5) is 0 Å². The first-order valence-electron chi connectivity index (χ1n) is 6.48. The van der Waals surface area contributed by atoms with E-state index in [0.29, 0.717) is 5.02 Å². The lowest BCUT2D eigenvalue weighted by atomic mass is 10.4. The summed E-state index contributed by atoms with van der Waals surface area (Å²) < 4.78 is 3.65. The Morgan fingerprint density at radius 2 is 2.05 bits per heavy atom. The van der Waals surface area contributed by atoms with Gasteiger partial charge in [-0.05, 0) is 19.9 Å². The summed E-state index contributed by atoms with van der Waals surface area (Å²) in [6.07, 6.45) is 4.91. The van der Waals surface area contributed by atoms with Crippen LogP contribution in [-0.2, 0) is 19.6 Å². The van der Waals surface area contributed by atoms with Crippen LogP contribution in [0.25, 0.3) is 0 Å². The van der Waals surface area contributed by atoms with Crippen molar-refractivity contribution in [2.24, 2.45) is 0 Å². The molecule has 19 heavy (non-hydrogen) atoms. The van der Waals surface area contributed by atoms with Crippen molar-refractivity contribution in [2.75, 3.05) is 6.54 Å². The Kier molecular flexibility index (Phi) is 4.93. The maximum Gasteiger partial charge on any atom is 0.0964 e. The molecule has 0 unspecified atom stereocenters. The van der Waals surface area contributed by atoms with E-state index in [2.05, 4.69) is 27.7 Å². The number of nitrogens with one attached hydrogen (secondary N) is 1. The van der Waals surface area contributed by atoms with Gasteiger partial charge in [0.1, 0.15) is 0 Å². The Bertz CT molecular complexity index is 499. The minimum Gasteiger partial charge on any atom is -0.311 e. The van der Waals surface area contributed by atoms with E-state index in [-0.39, 0.29) is 0 Å². The van der Waals surface area contributed by atoms with E-state index in [0.717, 1.165) is 44.0 Å². The number of halogens is 1. The van der Waals surface area contributed by atoms with Gasteiger partial charge in [0.15, 0.2) is 0 Å². The molecule has 7 heteroatoms. The summed E-state index contributed by atoms with van der Waals surface area (Å²) in [5.41, 5.74) is 1.81. The number of nitrogens with zero attached hydrogens (tertiary/aromatic N) is 5. The third-order valence-electron chi connectivity index (χ3n) is 2.76. The zero-order chi connectivity index (χ0) is 13.7. The van der Waals surface area contributed by atoms with Crippen molar-refractivity contribution in [3.63, 3.8) is 0 Å². The molecule has 0 saturated carbocycles. The number of hydrogen-bond acceptors (Lipinski definition) is 4. The fraction of sp³-hybridized carbons (Fsp3) is 0.583. The lowest BCUT2D eigenvalue weighted by Crippen LogP contribution is -2.14. The average molecular weight is 283 g/mol. The van der Waals surface area contributed by atoms with Crippen LogP contribution in [0.15, 0.2) is 12.4 Å². The molecule has 0 aliphatic heterocycles. The van der Waals surface area contributed by atoms with Crippen molar-refractivity contribution < 1.29 is 0 Å². The van der Waals surface area contributed by atoms with Gasteiger partial charge in [-0.2, -0.15) is 5.10 Å². The summed E-state index contributed by atoms with van der Waals surface area (Å²) in [7, 11) is 0. The Morgan fingerprint density at radius 1 is 1.26 bits per heavy atom. The van der Waals surface area contributed by atoms with Crippen LogP contribution in [0, 0.1) is 6.92 Å². The first-order valence-corrected chi connectivity index (χ1v) is 6.86. The van der Waals surface area contributed by atoms with E-state index in [1.165, 1.54) is 0 Å². The minimum atomic E-state index is 0.697. The van der Waals surface area contributed by atoms with Crippen molar-refractivity contribution in [3.05, 3.63) is 28.8 Å². The first-order chi connectivity index (χ1) is 9.19. The Morgan fingerprint density at radius 3 is 2.74 bits per heavy atom. The Labute approximate surface area is 117 Å². The molecule has 1 N–H and O–H groups in total. The summed E-state index contributed by atoms with van der Waals surface area (Å²) in [5.74, 6) is 0. The molecule has 0 saturated heterocycles. The number of rotatable bonds is 7. The standard InChI is InChI=1S/C12H19ClN6/c1-3-4-14-7-11-8-19(17-15-11)6-5-18-9-12(13)10(2)16-18/h8-9,14H,3-7H2,1-2H3. The van der Waals surface area contributed by atoms with E-state index in [1.807, 2.05) is 28.7 Å². The molecular formula is C12H19ClN6. The van der Waals surface area contributed by atoms with Crippen LogP contribution in [-0.4, -0.2) is 31.3 Å². The zero-order valence-electron chi connectivity index (χ0n) is 11.3. The lowest BCUT2D eigenvalue weighted by molar-refractivity contribution is 0.488. The predicted molar refractivity (Wildman–Crippen MR) is 74.0 cm³/mol. The first kappa shape index (κ1) is 14.0. The van der Waals surface area contributed by atoms with Gasteiger partial charge < -0.3 is 5.32 Å². The maximum absolute atomic E-state index is 5.96. The van der Waals surface area contributed by atoms with Gasteiger partial charge in [-0.1, -0.05) is 23.7 Å². The molecule has 2 rings (SSSR count). The van der Waals surface area contributed by atoms with E-state index in [1.54, 1.807) is 0 Å². The Hall–Kier alpha value is -1.40. The van der Waals surface area contributed by atoms with E-state index in [4.69, 9.17) is 11.6 Å². The second-order valence-corrected chi connectivity index (χ2v) is 4.88. The highest BCUT2D eigenvalue weighted by Gasteiger charge is 2.03. The van der Waals surface area contributed by atoms with Gasteiger partial charge in [-0.15, -0.1) is 5.10 Å². The predicted octanol–water partition coefficient (Wildman–Crippen LogP) is 1.64. The van der Waals surface area contributed by atoms with Crippen LogP contribution in [0.3, 0.4) is 0 Å². The van der Waals surface area contributed by atoms with Crippen LogP contribution >= 0.6 is 11.6 Å². The number of hydrogen-bond donors (Lipinski definition) is 1. The lowest BCUT2D eigenvalue weighted by Gasteiger charge is -2.00. The molecule has 2 aromatic heterocycles. The maximum atomic E-state index is 5.96. The van der Waals surface area contributed by atoms with Gasteiger partial charge >= 0.3 is 0 Å². The van der Waals surface area contributed by atoms with E-state index < -0.39 is 0 Å². The van der Waals surface area contributed by atoms with Gasteiger partial charge in [-0.3, -0.25) is 9.36 Å². The topological polar surface area (TPSA) is 60.6 Å². The molecule has 0 aliphatic rings. The van der Waals surface area contributed by atoms with Crippen molar-refractivity contribution in [2.45, 2.75) is 39.9 Å².